The summed E-state index contributed by atoms with van der Waals surface area (Å²) in [6, 6.07) is 15.8. The van der Waals surface area contributed by atoms with Crippen molar-refractivity contribution in [3.05, 3.63) is 82.3 Å². The second kappa shape index (κ2) is 12.9. The van der Waals surface area contributed by atoms with Crippen LogP contribution in [0.1, 0.15) is 49.0 Å². The molecule has 0 bridgehead atoms. The fourth-order valence-electron chi connectivity index (χ4n) is 4.89. The summed E-state index contributed by atoms with van der Waals surface area (Å²) in [5.41, 5.74) is 0.580. The van der Waals surface area contributed by atoms with E-state index in [1.54, 1.807) is 6.07 Å². The van der Waals surface area contributed by atoms with Gasteiger partial charge in [0, 0.05) is 18.6 Å². The molecular formula is C28H31BrFN5O5S. The lowest BCUT2D eigenvalue weighted by Crippen LogP contribution is -2.41. The van der Waals surface area contributed by atoms with Crippen molar-refractivity contribution in [3.63, 3.8) is 0 Å². The fourth-order valence-corrected chi connectivity index (χ4v) is 6.11. The van der Waals surface area contributed by atoms with E-state index in [9.17, 15) is 22.4 Å². The van der Waals surface area contributed by atoms with E-state index in [4.69, 9.17) is 4.74 Å². The first-order valence-corrected chi connectivity index (χ1v) is 15.3. The van der Waals surface area contributed by atoms with Crippen molar-refractivity contribution in [2.45, 2.75) is 50.3 Å². The molecule has 0 spiro atoms. The van der Waals surface area contributed by atoms with Gasteiger partial charge in [0.15, 0.2) is 5.03 Å². The average Bonchev–Trinajstić information content (AvgIpc) is 3.23. The van der Waals surface area contributed by atoms with Gasteiger partial charge >= 0.3 is 6.09 Å². The van der Waals surface area contributed by atoms with Gasteiger partial charge < -0.3 is 15.0 Å². The smallest absolute Gasteiger partial charge is 0.407 e. The highest BCUT2D eigenvalue weighted by atomic mass is 79.9. The Balaban J connectivity index is 1.37. The predicted octanol–water partition coefficient (Wildman–Crippen LogP) is 4.81. The lowest BCUT2D eigenvalue weighted by atomic mass is 9.93. The molecule has 1 aliphatic rings. The van der Waals surface area contributed by atoms with Gasteiger partial charge in [-0.1, -0.05) is 36.4 Å². The van der Waals surface area contributed by atoms with Crippen molar-refractivity contribution in [1.82, 2.24) is 20.0 Å². The van der Waals surface area contributed by atoms with Crippen LogP contribution in [0.3, 0.4) is 0 Å². The summed E-state index contributed by atoms with van der Waals surface area (Å²) in [4.78, 5) is 35.1. The number of hydrogen-bond acceptors (Lipinski definition) is 8. The van der Waals surface area contributed by atoms with Crippen LogP contribution in [-0.2, 0) is 21.4 Å². The number of pyridine rings is 2. The molecule has 1 aliphatic heterocycles. The molecule has 2 amide bonds. The number of anilines is 1. The molecule has 0 radical (unpaired) electrons. The Hall–Kier alpha value is -3.58. The van der Waals surface area contributed by atoms with E-state index in [1.807, 2.05) is 53.8 Å². The zero-order chi connectivity index (χ0) is 29.6. The van der Waals surface area contributed by atoms with E-state index in [0.717, 1.165) is 37.0 Å². The van der Waals surface area contributed by atoms with Crippen LogP contribution in [-0.4, -0.2) is 49.0 Å². The zero-order valence-corrected chi connectivity index (χ0v) is 25.0. The van der Waals surface area contributed by atoms with Gasteiger partial charge in [-0.05, 0) is 84.8 Å². The minimum absolute atomic E-state index is 0.0599. The van der Waals surface area contributed by atoms with Crippen LogP contribution in [0.15, 0.2) is 70.3 Å². The number of aromatic nitrogens is 2. The van der Waals surface area contributed by atoms with E-state index in [0.29, 0.717) is 23.5 Å². The van der Waals surface area contributed by atoms with Gasteiger partial charge in [-0.25, -0.2) is 19.5 Å². The summed E-state index contributed by atoms with van der Waals surface area (Å²) in [5, 5.41) is 2.18. The van der Waals surface area contributed by atoms with Gasteiger partial charge in [-0.2, -0.15) is 12.8 Å². The summed E-state index contributed by atoms with van der Waals surface area (Å²) in [6.07, 6.45) is 1.87. The molecule has 1 atom stereocenters. The predicted molar refractivity (Wildman–Crippen MR) is 154 cm³/mol. The van der Waals surface area contributed by atoms with Crippen LogP contribution in [0.5, 0.6) is 0 Å². The topological polar surface area (TPSA) is 131 Å². The standard InChI is InChI=1S/C28H31BrFN5O5S/c1-28(2)16-20(10-7-15-31-27(37)40-18-19-8-4-3-5-9-19)17-35(28)25-21(13-14-22(29)32-25)26(36)34-41(38,39)24-12-6-11-23(30)33-24/h3-6,8-9,11-14,20H,7,10,15-18H2,1-2H3,(H,31,37)(H,34,36)/t20-/m0/s1. The normalized spacial score (nSPS) is 16.3. The first-order chi connectivity index (χ1) is 19.4. The van der Waals surface area contributed by atoms with Crippen molar-refractivity contribution >= 4 is 43.8 Å². The zero-order valence-electron chi connectivity index (χ0n) is 22.6. The molecule has 2 aromatic heterocycles. The number of halogens is 2. The third-order valence-electron chi connectivity index (χ3n) is 6.76. The number of benzene rings is 1. The number of ether oxygens (including phenoxy) is 1. The van der Waals surface area contributed by atoms with Gasteiger partial charge in [-0.15, -0.1) is 0 Å². The molecule has 0 unspecified atom stereocenters. The number of alkyl carbamates (subject to hydrolysis) is 1. The van der Waals surface area contributed by atoms with Crippen LogP contribution >= 0.6 is 15.9 Å². The van der Waals surface area contributed by atoms with E-state index < -0.39 is 38.5 Å². The number of hydrogen-bond donors (Lipinski definition) is 2. The molecule has 0 aliphatic carbocycles. The minimum Gasteiger partial charge on any atom is -0.445 e. The van der Waals surface area contributed by atoms with Crippen molar-refractivity contribution < 1.29 is 27.1 Å². The van der Waals surface area contributed by atoms with Crippen molar-refractivity contribution in [3.8, 4) is 0 Å². The maximum Gasteiger partial charge on any atom is 0.407 e. The van der Waals surface area contributed by atoms with Crippen LogP contribution in [0, 0.1) is 11.9 Å². The molecule has 1 fully saturated rings. The molecule has 1 saturated heterocycles. The molecule has 4 rings (SSSR count). The van der Waals surface area contributed by atoms with Crippen molar-refractivity contribution in [1.29, 1.82) is 0 Å². The maximum absolute atomic E-state index is 13.5. The van der Waals surface area contributed by atoms with Gasteiger partial charge in [0.1, 0.15) is 17.0 Å². The van der Waals surface area contributed by atoms with Gasteiger partial charge in [-0.3, -0.25) is 4.79 Å². The Morgan fingerprint density at radius 1 is 1.10 bits per heavy atom. The molecule has 0 saturated carbocycles. The van der Waals surface area contributed by atoms with Gasteiger partial charge in [0.2, 0.25) is 5.95 Å². The molecule has 13 heteroatoms. The SMILES string of the molecule is CC1(C)C[C@H](CCCNC(=O)OCc2ccccc2)CN1c1nc(Br)ccc1C(=O)NS(=O)(=O)c1cccc(F)n1. The first-order valence-electron chi connectivity index (χ1n) is 13.0. The number of carbonyl (C=O) groups excluding carboxylic acids is 2. The summed E-state index contributed by atoms with van der Waals surface area (Å²) >= 11 is 3.35. The maximum atomic E-state index is 13.5. The number of sulfonamides is 1. The Morgan fingerprint density at radius 3 is 2.59 bits per heavy atom. The molecule has 41 heavy (non-hydrogen) atoms. The number of carbonyl (C=O) groups is 2. The fraction of sp³-hybridized carbons (Fsp3) is 0.357. The number of amides is 2. The average molecular weight is 649 g/mol. The van der Waals surface area contributed by atoms with E-state index in [-0.39, 0.29) is 18.1 Å². The molecule has 3 aromatic rings. The van der Waals surface area contributed by atoms with E-state index in [1.165, 1.54) is 12.1 Å². The summed E-state index contributed by atoms with van der Waals surface area (Å²) in [6.45, 7) is 5.30. The van der Waals surface area contributed by atoms with Crippen LogP contribution in [0.2, 0.25) is 0 Å². The lowest BCUT2D eigenvalue weighted by molar-refractivity contribution is 0.0981. The molecule has 2 N–H and O–H groups in total. The highest BCUT2D eigenvalue weighted by Crippen LogP contribution is 2.39. The third kappa shape index (κ3) is 8.00. The molecule has 3 heterocycles. The Bertz CT molecular complexity index is 1510. The van der Waals surface area contributed by atoms with Crippen LogP contribution in [0.4, 0.5) is 15.0 Å². The summed E-state index contributed by atoms with van der Waals surface area (Å²) in [7, 11) is -4.42. The molecule has 218 valence electrons. The quantitative estimate of drug-likeness (QED) is 0.237. The van der Waals surface area contributed by atoms with Crippen LogP contribution < -0.4 is 14.9 Å². The number of nitrogens with zero attached hydrogens (tertiary/aromatic N) is 3. The van der Waals surface area contributed by atoms with Gasteiger partial charge in [0.25, 0.3) is 15.9 Å². The highest BCUT2D eigenvalue weighted by Gasteiger charge is 2.40. The minimum atomic E-state index is -4.42. The lowest BCUT2D eigenvalue weighted by Gasteiger charge is -2.33. The highest BCUT2D eigenvalue weighted by molar-refractivity contribution is 9.10. The van der Waals surface area contributed by atoms with Crippen molar-refractivity contribution in [2.75, 3.05) is 18.0 Å². The van der Waals surface area contributed by atoms with Crippen LogP contribution in [0.25, 0.3) is 0 Å². The van der Waals surface area contributed by atoms with E-state index in [2.05, 4.69) is 31.2 Å². The Labute approximate surface area is 246 Å². The number of rotatable bonds is 10. The van der Waals surface area contributed by atoms with Gasteiger partial charge in [0.05, 0.1) is 5.56 Å². The Kier molecular flexibility index (Phi) is 9.59. The Morgan fingerprint density at radius 2 is 1.85 bits per heavy atom. The van der Waals surface area contributed by atoms with E-state index >= 15 is 0 Å². The number of nitrogens with one attached hydrogen (secondary N) is 2. The molecule has 1 aromatic carbocycles. The monoisotopic (exact) mass is 647 g/mol. The first kappa shape index (κ1) is 30.4. The summed E-state index contributed by atoms with van der Waals surface area (Å²) < 4.78 is 46.6. The summed E-state index contributed by atoms with van der Waals surface area (Å²) in [5.74, 6) is -1.31. The second-order valence-corrected chi connectivity index (χ2v) is 12.8. The molecule has 10 nitrogen and oxygen atoms in total. The molecular weight excluding hydrogens is 617 g/mol. The largest absolute Gasteiger partial charge is 0.445 e. The second-order valence-electron chi connectivity index (χ2n) is 10.4. The van der Waals surface area contributed by atoms with Crippen molar-refractivity contribution in [2.24, 2.45) is 5.92 Å². The third-order valence-corrected chi connectivity index (χ3v) is 8.44.